The molecule has 0 aromatic carbocycles. The highest BCUT2D eigenvalue weighted by atomic mass is 19.4. The number of carboxylic acids is 1. The van der Waals surface area contributed by atoms with Crippen molar-refractivity contribution in [1.82, 2.24) is 10.2 Å². The summed E-state index contributed by atoms with van der Waals surface area (Å²) in [4.78, 5) is 23.2. The fourth-order valence-electron chi connectivity index (χ4n) is 1.13. The highest BCUT2D eigenvalue weighted by molar-refractivity contribution is 5.86. The number of carboxylic acid groups (broad SMARTS) is 1. The molecule has 108 valence electrons. The van der Waals surface area contributed by atoms with E-state index in [0.29, 0.717) is 6.92 Å². The summed E-state index contributed by atoms with van der Waals surface area (Å²) in [6.45, 7) is 1.85. The van der Waals surface area contributed by atoms with Crippen molar-refractivity contribution in [3.05, 3.63) is 0 Å². The lowest BCUT2D eigenvalue weighted by Gasteiger charge is -2.31. The van der Waals surface area contributed by atoms with E-state index in [1.807, 2.05) is 0 Å². The van der Waals surface area contributed by atoms with Crippen molar-refractivity contribution in [2.45, 2.75) is 32.0 Å². The fourth-order valence-corrected chi connectivity index (χ4v) is 1.13. The maximum atomic E-state index is 12.7. The number of halogens is 3. The van der Waals surface area contributed by atoms with Crippen LogP contribution < -0.4 is 5.32 Å². The Bertz CT molecular complexity index is 392. The third kappa shape index (κ3) is 4.01. The van der Waals surface area contributed by atoms with Gasteiger partial charge in [-0.25, -0.2) is 9.59 Å². The van der Waals surface area contributed by atoms with E-state index in [0.717, 1.165) is 4.90 Å². The number of rotatable bonds is 5. The van der Waals surface area contributed by atoms with Crippen LogP contribution in [-0.2, 0) is 4.79 Å². The number of nitrogens with zero attached hydrogens (tertiary/aromatic N) is 2. The second kappa shape index (κ2) is 6.26. The van der Waals surface area contributed by atoms with Gasteiger partial charge >= 0.3 is 18.2 Å². The van der Waals surface area contributed by atoms with Crippen molar-refractivity contribution in [3.8, 4) is 6.07 Å². The number of hydrogen-bond donors (Lipinski definition) is 2. The summed E-state index contributed by atoms with van der Waals surface area (Å²) in [5.74, 6) is -2.20. The minimum Gasteiger partial charge on any atom is -0.479 e. The largest absolute Gasteiger partial charge is 0.479 e. The van der Waals surface area contributed by atoms with Gasteiger partial charge in [-0.2, -0.15) is 18.4 Å². The number of aliphatic carboxylic acids is 1. The van der Waals surface area contributed by atoms with Crippen molar-refractivity contribution in [2.24, 2.45) is 0 Å². The van der Waals surface area contributed by atoms with E-state index in [1.165, 1.54) is 12.2 Å². The number of urea groups is 1. The molecule has 2 amide bonds. The van der Waals surface area contributed by atoms with E-state index in [4.69, 9.17) is 10.4 Å². The summed E-state index contributed by atoms with van der Waals surface area (Å²) in [6.07, 6.45) is -5.19. The van der Waals surface area contributed by atoms with E-state index >= 15 is 0 Å². The van der Waals surface area contributed by atoms with Gasteiger partial charge < -0.3 is 15.3 Å². The molecule has 1 unspecified atom stereocenters. The second-order valence-corrected chi connectivity index (χ2v) is 3.85. The van der Waals surface area contributed by atoms with Crippen LogP contribution in [-0.4, -0.2) is 46.8 Å². The number of nitrogens with one attached hydrogen (secondary N) is 1. The molecule has 0 radical (unpaired) electrons. The normalized spacial score (nSPS) is 14.1. The lowest BCUT2D eigenvalue weighted by Crippen LogP contribution is -2.64. The lowest BCUT2D eigenvalue weighted by atomic mass is 10.0. The first-order chi connectivity index (χ1) is 8.60. The highest BCUT2D eigenvalue weighted by Crippen LogP contribution is 2.30. The van der Waals surface area contributed by atoms with Crippen molar-refractivity contribution < 1.29 is 27.9 Å². The molecule has 0 heterocycles. The van der Waals surface area contributed by atoms with Gasteiger partial charge in [0.05, 0.1) is 12.5 Å². The van der Waals surface area contributed by atoms with Crippen LogP contribution in [0.25, 0.3) is 0 Å². The third-order valence-electron chi connectivity index (χ3n) is 2.51. The molecular formula is C10H14F3N3O3. The van der Waals surface area contributed by atoms with E-state index in [-0.39, 0.29) is 19.5 Å². The number of amides is 2. The molecule has 0 saturated carbocycles. The summed E-state index contributed by atoms with van der Waals surface area (Å²) < 4.78 is 38.0. The summed E-state index contributed by atoms with van der Waals surface area (Å²) in [5.41, 5.74) is -3.37. The Balaban J connectivity index is 5.02. The molecule has 0 aliphatic rings. The highest BCUT2D eigenvalue weighted by Gasteiger charge is 2.58. The van der Waals surface area contributed by atoms with Gasteiger partial charge in [-0.3, -0.25) is 0 Å². The SMILES string of the molecule is CCN(CCC#N)C(=O)NC(C)(C(=O)O)C(F)(F)F. The molecule has 0 fully saturated rings. The smallest absolute Gasteiger partial charge is 0.422 e. The Morgan fingerprint density at radius 3 is 2.26 bits per heavy atom. The van der Waals surface area contributed by atoms with Crippen molar-refractivity contribution in [2.75, 3.05) is 13.1 Å². The van der Waals surface area contributed by atoms with Crippen LogP contribution in [0.1, 0.15) is 20.3 Å². The van der Waals surface area contributed by atoms with Crippen LogP contribution in [0.15, 0.2) is 0 Å². The first kappa shape index (κ1) is 17.0. The van der Waals surface area contributed by atoms with Crippen LogP contribution in [0.2, 0.25) is 0 Å². The van der Waals surface area contributed by atoms with Crippen molar-refractivity contribution >= 4 is 12.0 Å². The molecule has 1 atom stereocenters. The molecule has 6 nitrogen and oxygen atoms in total. The molecule has 0 bridgehead atoms. The van der Waals surface area contributed by atoms with Crippen LogP contribution in [0.5, 0.6) is 0 Å². The molecule has 0 saturated heterocycles. The lowest BCUT2D eigenvalue weighted by molar-refractivity contribution is -0.203. The molecular weight excluding hydrogens is 267 g/mol. The predicted octanol–water partition coefficient (Wildman–Crippen LogP) is 1.34. The Hall–Kier alpha value is -1.98. The van der Waals surface area contributed by atoms with Gasteiger partial charge in [-0.05, 0) is 13.8 Å². The molecule has 0 aromatic heterocycles. The molecule has 0 rings (SSSR count). The van der Waals surface area contributed by atoms with E-state index in [9.17, 15) is 22.8 Å². The first-order valence-electron chi connectivity index (χ1n) is 5.34. The van der Waals surface area contributed by atoms with Gasteiger partial charge in [0.1, 0.15) is 0 Å². The van der Waals surface area contributed by atoms with Gasteiger partial charge in [0.15, 0.2) is 0 Å². The maximum absolute atomic E-state index is 12.7. The molecule has 2 N–H and O–H groups in total. The second-order valence-electron chi connectivity index (χ2n) is 3.85. The van der Waals surface area contributed by atoms with Crippen molar-refractivity contribution in [3.63, 3.8) is 0 Å². The minimum atomic E-state index is -5.14. The van der Waals surface area contributed by atoms with E-state index in [1.54, 1.807) is 6.07 Å². The minimum absolute atomic E-state index is 0.0566. The standard InChI is InChI=1S/C10H14F3N3O3/c1-3-16(6-4-5-14)8(19)15-9(2,7(17)18)10(11,12)13/h3-4,6H2,1-2H3,(H,15,19)(H,17,18). The number of carbonyl (C=O) groups excluding carboxylic acids is 1. The Morgan fingerprint density at radius 1 is 1.42 bits per heavy atom. The zero-order chi connectivity index (χ0) is 15.3. The van der Waals surface area contributed by atoms with Crippen LogP contribution in [0, 0.1) is 11.3 Å². The van der Waals surface area contributed by atoms with Crippen molar-refractivity contribution in [1.29, 1.82) is 5.26 Å². The molecule has 0 aliphatic carbocycles. The van der Waals surface area contributed by atoms with E-state index < -0.39 is 23.7 Å². The topological polar surface area (TPSA) is 93.4 Å². The van der Waals surface area contributed by atoms with Crippen LogP contribution in [0.4, 0.5) is 18.0 Å². The number of carbonyl (C=O) groups is 2. The zero-order valence-electron chi connectivity index (χ0n) is 10.4. The van der Waals surface area contributed by atoms with Gasteiger partial charge in [-0.15, -0.1) is 0 Å². The van der Waals surface area contributed by atoms with Gasteiger partial charge in [0.2, 0.25) is 5.54 Å². The van der Waals surface area contributed by atoms with Crippen LogP contribution >= 0.6 is 0 Å². The van der Waals surface area contributed by atoms with E-state index in [2.05, 4.69) is 0 Å². The quantitative estimate of drug-likeness (QED) is 0.795. The molecule has 0 aliphatic heterocycles. The average Bonchev–Trinajstić information content (AvgIpc) is 2.28. The number of hydrogen-bond acceptors (Lipinski definition) is 3. The third-order valence-corrected chi connectivity index (χ3v) is 2.51. The summed E-state index contributed by atoms with van der Waals surface area (Å²) in [6, 6.07) is 0.562. The number of alkyl halides is 3. The van der Waals surface area contributed by atoms with Gasteiger partial charge in [0, 0.05) is 13.1 Å². The van der Waals surface area contributed by atoms with Gasteiger partial charge in [-0.1, -0.05) is 0 Å². The first-order valence-corrected chi connectivity index (χ1v) is 5.34. The summed E-state index contributed by atoms with van der Waals surface area (Å²) in [7, 11) is 0. The molecule has 9 heteroatoms. The summed E-state index contributed by atoms with van der Waals surface area (Å²) in [5, 5.41) is 18.4. The molecule has 19 heavy (non-hydrogen) atoms. The molecule has 0 spiro atoms. The Morgan fingerprint density at radius 2 is 1.95 bits per heavy atom. The average molecular weight is 281 g/mol. The zero-order valence-corrected chi connectivity index (χ0v) is 10.4. The fraction of sp³-hybridized carbons (Fsp3) is 0.700. The Kier molecular flexibility index (Phi) is 5.61. The Labute approximate surface area is 107 Å². The predicted molar refractivity (Wildman–Crippen MR) is 58.1 cm³/mol. The number of nitriles is 1. The molecule has 0 aromatic rings. The maximum Gasteiger partial charge on any atom is 0.422 e. The monoisotopic (exact) mass is 281 g/mol. The van der Waals surface area contributed by atoms with Gasteiger partial charge in [0.25, 0.3) is 0 Å². The van der Waals surface area contributed by atoms with Crippen LogP contribution in [0.3, 0.4) is 0 Å². The summed E-state index contributed by atoms with van der Waals surface area (Å²) >= 11 is 0.